The van der Waals surface area contributed by atoms with Gasteiger partial charge in [-0.3, -0.25) is 4.79 Å². The van der Waals surface area contributed by atoms with Gasteiger partial charge in [0.05, 0.1) is 12.5 Å². The summed E-state index contributed by atoms with van der Waals surface area (Å²) in [6, 6.07) is 16.1. The molecule has 0 aliphatic rings. The van der Waals surface area contributed by atoms with Gasteiger partial charge < -0.3 is 5.32 Å². The van der Waals surface area contributed by atoms with E-state index in [1.807, 2.05) is 18.2 Å². The van der Waals surface area contributed by atoms with Crippen LogP contribution in [0.1, 0.15) is 17.2 Å². The Bertz CT molecular complexity index is 617. The number of amides is 1. The first kappa shape index (κ1) is 13.8. The van der Waals surface area contributed by atoms with Gasteiger partial charge in [-0.1, -0.05) is 42.5 Å². The van der Waals surface area contributed by atoms with Crippen LogP contribution in [0.15, 0.2) is 54.6 Å². The molecule has 0 spiro atoms. The molecule has 0 aliphatic heterocycles. The summed E-state index contributed by atoms with van der Waals surface area (Å²) in [5, 5.41) is 11.8. The number of benzene rings is 2. The normalized spacial score (nSPS) is 11.4. The molecule has 0 bridgehead atoms. The number of carbonyl (C=O) groups is 1. The van der Waals surface area contributed by atoms with Crippen molar-refractivity contribution in [3.8, 4) is 6.07 Å². The highest BCUT2D eigenvalue weighted by atomic mass is 19.1. The summed E-state index contributed by atoms with van der Waals surface area (Å²) in [6.45, 7) is 0. The predicted molar refractivity (Wildman–Crippen MR) is 73.0 cm³/mol. The minimum Gasteiger partial charge on any atom is -0.336 e. The molecule has 20 heavy (non-hydrogen) atoms. The second kappa shape index (κ2) is 6.48. The highest BCUT2D eigenvalue weighted by molar-refractivity contribution is 5.79. The lowest BCUT2D eigenvalue weighted by atomic mass is 10.1. The molecule has 0 heterocycles. The number of nitrogens with zero attached hydrogens (tertiary/aromatic N) is 1. The smallest absolute Gasteiger partial charge is 0.225 e. The van der Waals surface area contributed by atoms with Gasteiger partial charge in [0.1, 0.15) is 11.9 Å². The van der Waals surface area contributed by atoms with E-state index in [9.17, 15) is 9.18 Å². The number of rotatable bonds is 4. The Hall–Kier alpha value is -2.67. The lowest BCUT2D eigenvalue weighted by molar-refractivity contribution is -0.120. The molecule has 0 aliphatic carbocycles. The summed E-state index contributed by atoms with van der Waals surface area (Å²) in [5.41, 5.74) is 1.44. The minimum atomic E-state index is -0.677. The summed E-state index contributed by atoms with van der Waals surface area (Å²) in [7, 11) is 0. The van der Waals surface area contributed by atoms with Gasteiger partial charge in [-0.05, 0) is 23.3 Å². The Morgan fingerprint density at radius 1 is 1.15 bits per heavy atom. The summed E-state index contributed by atoms with van der Waals surface area (Å²) < 4.78 is 12.8. The van der Waals surface area contributed by atoms with Crippen LogP contribution in [0.3, 0.4) is 0 Å². The third-order valence-corrected chi connectivity index (χ3v) is 2.85. The molecule has 1 unspecified atom stereocenters. The molecule has 1 atom stereocenters. The van der Waals surface area contributed by atoms with Crippen molar-refractivity contribution >= 4 is 5.91 Å². The van der Waals surface area contributed by atoms with Crippen LogP contribution in [0.25, 0.3) is 0 Å². The minimum absolute atomic E-state index is 0.116. The molecule has 0 aromatic heterocycles. The molecule has 0 saturated heterocycles. The lowest BCUT2D eigenvalue weighted by Crippen LogP contribution is -2.28. The second-order valence-corrected chi connectivity index (χ2v) is 4.34. The molecule has 2 aromatic rings. The van der Waals surface area contributed by atoms with E-state index in [0.717, 1.165) is 5.56 Å². The monoisotopic (exact) mass is 268 g/mol. The Morgan fingerprint density at radius 3 is 2.40 bits per heavy atom. The standard InChI is InChI=1S/C16H13FN2O/c17-14-8-6-12(7-9-14)10-16(20)19-15(11-18)13-4-2-1-3-5-13/h1-9,15H,10H2,(H,19,20). The maximum absolute atomic E-state index is 12.8. The van der Waals surface area contributed by atoms with Crippen LogP contribution in [-0.4, -0.2) is 5.91 Å². The third-order valence-electron chi connectivity index (χ3n) is 2.85. The largest absolute Gasteiger partial charge is 0.336 e. The van der Waals surface area contributed by atoms with Gasteiger partial charge >= 0.3 is 0 Å². The number of carbonyl (C=O) groups excluding carboxylic acids is 1. The van der Waals surface area contributed by atoms with Crippen LogP contribution in [-0.2, 0) is 11.2 Å². The highest BCUT2D eigenvalue weighted by Crippen LogP contribution is 2.11. The third kappa shape index (κ3) is 3.66. The average Bonchev–Trinajstić information content (AvgIpc) is 2.48. The van der Waals surface area contributed by atoms with Crippen molar-refractivity contribution in [3.05, 3.63) is 71.5 Å². The molecule has 100 valence electrons. The van der Waals surface area contributed by atoms with Crippen LogP contribution >= 0.6 is 0 Å². The quantitative estimate of drug-likeness (QED) is 0.927. The van der Waals surface area contributed by atoms with E-state index in [4.69, 9.17) is 5.26 Å². The van der Waals surface area contributed by atoms with E-state index < -0.39 is 6.04 Å². The van der Waals surface area contributed by atoms with Crippen molar-refractivity contribution < 1.29 is 9.18 Å². The Balaban J connectivity index is 2.00. The summed E-state index contributed by atoms with van der Waals surface area (Å²) in [4.78, 5) is 11.9. The van der Waals surface area contributed by atoms with Crippen LogP contribution in [0.2, 0.25) is 0 Å². The second-order valence-electron chi connectivity index (χ2n) is 4.34. The van der Waals surface area contributed by atoms with E-state index in [1.165, 1.54) is 12.1 Å². The number of hydrogen-bond donors (Lipinski definition) is 1. The van der Waals surface area contributed by atoms with E-state index in [1.54, 1.807) is 24.3 Å². The molecule has 1 amide bonds. The maximum Gasteiger partial charge on any atom is 0.225 e. The van der Waals surface area contributed by atoms with Crippen molar-refractivity contribution in [1.82, 2.24) is 5.32 Å². The van der Waals surface area contributed by atoms with Gasteiger partial charge in [0, 0.05) is 0 Å². The molecule has 2 aromatic carbocycles. The Morgan fingerprint density at radius 2 is 1.80 bits per heavy atom. The SMILES string of the molecule is N#CC(NC(=O)Cc1ccc(F)cc1)c1ccccc1. The Kier molecular flexibility index (Phi) is 4.46. The van der Waals surface area contributed by atoms with E-state index in [-0.39, 0.29) is 18.1 Å². The van der Waals surface area contributed by atoms with E-state index in [2.05, 4.69) is 11.4 Å². The summed E-state index contributed by atoms with van der Waals surface area (Å²) >= 11 is 0. The van der Waals surface area contributed by atoms with Gasteiger partial charge in [0.25, 0.3) is 0 Å². The van der Waals surface area contributed by atoms with Crippen LogP contribution in [0, 0.1) is 17.1 Å². The van der Waals surface area contributed by atoms with E-state index >= 15 is 0 Å². The van der Waals surface area contributed by atoms with Gasteiger partial charge in [-0.15, -0.1) is 0 Å². The molecule has 3 nitrogen and oxygen atoms in total. The molecular formula is C16H13FN2O. The summed E-state index contributed by atoms with van der Waals surface area (Å²) in [5.74, 6) is -0.611. The predicted octanol–water partition coefficient (Wildman–Crippen LogP) is 2.75. The van der Waals surface area contributed by atoms with Crippen molar-refractivity contribution in [3.63, 3.8) is 0 Å². The lowest BCUT2D eigenvalue weighted by Gasteiger charge is -2.11. The first-order chi connectivity index (χ1) is 9.69. The first-order valence-electron chi connectivity index (χ1n) is 6.17. The zero-order valence-electron chi connectivity index (χ0n) is 10.7. The molecule has 1 N–H and O–H groups in total. The highest BCUT2D eigenvalue weighted by Gasteiger charge is 2.13. The molecule has 4 heteroatoms. The molecule has 2 rings (SSSR count). The van der Waals surface area contributed by atoms with Crippen molar-refractivity contribution in [2.24, 2.45) is 0 Å². The fraction of sp³-hybridized carbons (Fsp3) is 0.125. The van der Waals surface area contributed by atoms with Crippen LogP contribution < -0.4 is 5.32 Å². The van der Waals surface area contributed by atoms with Gasteiger partial charge in [-0.2, -0.15) is 5.26 Å². The van der Waals surface area contributed by atoms with Gasteiger partial charge in [0.15, 0.2) is 0 Å². The van der Waals surface area contributed by atoms with E-state index in [0.29, 0.717) is 5.56 Å². The number of hydrogen-bond acceptors (Lipinski definition) is 2. The fourth-order valence-electron chi connectivity index (χ4n) is 1.84. The number of halogens is 1. The maximum atomic E-state index is 12.8. The zero-order chi connectivity index (χ0) is 14.4. The van der Waals surface area contributed by atoms with Crippen molar-refractivity contribution in [1.29, 1.82) is 5.26 Å². The molecule has 0 radical (unpaired) electrons. The first-order valence-corrected chi connectivity index (χ1v) is 6.17. The summed E-state index contributed by atoms with van der Waals surface area (Å²) in [6.07, 6.45) is 0.116. The zero-order valence-corrected chi connectivity index (χ0v) is 10.7. The molecule has 0 saturated carbocycles. The topological polar surface area (TPSA) is 52.9 Å². The van der Waals surface area contributed by atoms with Crippen molar-refractivity contribution in [2.45, 2.75) is 12.5 Å². The van der Waals surface area contributed by atoms with Gasteiger partial charge in [-0.25, -0.2) is 4.39 Å². The van der Waals surface area contributed by atoms with Crippen molar-refractivity contribution in [2.75, 3.05) is 0 Å². The molecular weight excluding hydrogens is 255 g/mol. The fourth-order valence-corrected chi connectivity index (χ4v) is 1.84. The number of nitriles is 1. The van der Waals surface area contributed by atoms with Gasteiger partial charge in [0.2, 0.25) is 5.91 Å². The Labute approximate surface area is 116 Å². The van der Waals surface area contributed by atoms with Crippen LogP contribution in [0.4, 0.5) is 4.39 Å². The average molecular weight is 268 g/mol. The number of nitrogens with one attached hydrogen (secondary N) is 1. The molecule has 0 fully saturated rings. The van der Waals surface area contributed by atoms with Crippen LogP contribution in [0.5, 0.6) is 0 Å².